The SMILES string of the molecule is C=C/C=C(\C=C)CC[C@@H]1CCC[C@@H]1C. The Labute approximate surface area is 88.4 Å². The van der Waals surface area contributed by atoms with E-state index < -0.39 is 0 Å². The molecule has 14 heavy (non-hydrogen) atoms. The molecule has 1 fully saturated rings. The molecular formula is C14H22. The second kappa shape index (κ2) is 5.85. The van der Waals surface area contributed by atoms with Crippen molar-refractivity contribution in [2.24, 2.45) is 11.8 Å². The van der Waals surface area contributed by atoms with E-state index in [1.165, 1.54) is 37.7 Å². The van der Waals surface area contributed by atoms with Crippen LogP contribution in [0.4, 0.5) is 0 Å². The Morgan fingerprint density at radius 3 is 2.64 bits per heavy atom. The molecule has 0 aliphatic heterocycles. The summed E-state index contributed by atoms with van der Waals surface area (Å²) in [7, 11) is 0. The third-order valence-corrected chi connectivity index (χ3v) is 3.44. The van der Waals surface area contributed by atoms with Crippen LogP contribution in [0.5, 0.6) is 0 Å². The summed E-state index contributed by atoms with van der Waals surface area (Å²) in [4.78, 5) is 0. The van der Waals surface area contributed by atoms with Crippen molar-refractivity contribution in [2.75, 3.05) is 0 Å². The number of allylic oxidation sites excluding steroid dienone is 4. The molecule has 0 heteroatoms. The van der Waals surface area contributed by atoms with E-state index in [1.54, 1.807) is 0 Å². The average molecular weight is 190 g/mol. The predicted octanol–water partition coefficient (Wildman–Crippen LogP) is 4.50. The summed E-state index contributed by atoms with van der Waals surface area (Å²) < 4.78 is 0. The topological polar surface area (TPSA) is 0 Å². The molecule has 1 saturated carbocycles. The lowest BCUT2D eigenvalue weighted by molar-refractivity contribution is 0.393. The smallest absolute Gasteiger partial charge is 0.0276 e. The Morgan fingerprint density at radius 2 is 2.14 bits per heavy atom. The van der Waals surface area contributed by atoms with Crippen LogP contribution < -0.4 is 0 Å². The minimum Gasteiger partial charge on any atom is -0.0991 e. The standard InChI is InChI=1S/C14H22/c1-4-7-13(5-2)10-11-14-9-6-8-12(14)3/h4-5,7,12,14H,1-2,6,8-11H2,3H3/b13-7+/t12-,14-/m0/s1. The van der Waals surface area contributed by atoms with Crippen molar-refractivity contribution in [2.45, 2.75) is 39.0 Å². The van der Waals surface area contributed by atoms with Crippen LogP contribution in [0.2, 0.25) is 0 Å². The van der Waals surface area contributed by atoms with Gasteiger partial charge in [-0.15, -0.1) is 0 Å². The minimum atomic E-state index is 0.935. The third-order valence-electron chi connectivity index (χ3n) is 3.44. The number of hydrogen-bond acceptors (Lipinski definition) is 0. The van der Waals surface area contributed by atoms with Gasteiger partial charge in [-0.05, 0) is 30.3 Å². The Kier molecular flexibility index (Phi) is 4.72. The summed E-state index contributed by atoms with van der Waals surface area (Å²) in [5, 5.41) is 0. The molecule has 0 nitrogen and oxygen atoms in total. The van der Waals surface area contributed by atoms with Gasteiger partial charge in [0.2, 0.25) is 0 Å². The van der Waals surface area contributed by atoms with Crippen LogP contribution in [0.25, 0.3) is 0 Å². The maximum atomic E-state index is 3.83. The van der Waals surface area contributed by atoms with E-state index in [0.717, 1.165) is 11.8 Å². The minimum absolute atomic E-state index is 0.935. The van der Waals surface area contributed by atoms with Crippen molar-refractivity contribution in [3.05, 3.63) is 37.0 Å². The van der Waals surface area contributed by atoms with Crippen molar-refractivity contribution < 1.29 is 0 Å². The van der Waals surface area contributed by atoms with Crippen molar-refractivity contribution in [3.63, 3.8) is 0 Å². The van der Waals surface area contributed by atoms with Crippen molar-refractivity contribution in [1.82, 2.24) is 0 Å². The highest BCUT2D eigenvalue weighted by Crippen LogP contribution is 2.35. The molecule has 1 rings (SSSR count). The summed E-state index contributed by atoms with van der Waals surface area (Å²) in [6, 6.07) is 0. The molecule has 0 heterocycles. The highest BCUT2D eigenvalue weighted by atomic mass is 14.3. The van der Waals surface area contributed by atoms with E-state index in [0.29, 0.717) is 0 Å². The van der Waals surface area contributed by atoms with Crippen molar-refractivity contribution in [3.8, 4) is 0 Å². The van der Waals surface area contributed by atoms with Crippen LogP contribution >= 0.6 is 0 Å². The lowest BCUT2D eigenvalue weighted by Gasteiger charge is -2.14. The molecule has 0 aromatic carbocycles. The first-order valence-electron chi connectivity index (χ1n) is 5.72. The van der Waals surface area contributed by atoms with E-state index in [-0.39, 0.29) is 0 Å². The summed E-state index contributed by atoms with van der Waals surface area (Å²) in [5.41, 5.74) is 1.33. The lowest BCUT2D eigenvalue weighted by atomic mass is 9.91. The monoisotopic (exact) mass is 190 g/mol. The van der Waals surface area contributed by atoms with Gasteiger partial charge in [0.05, 0.1) is 0 Å². The van der Waals surface area contributed by atoms with E-state index in [2.05, 4.69) is 26.2 Å². The summed E-state index contributed by atoms with van der Waals surface area (Å²) >= 11 is 0. The Balaban J connectivity index is 2.34. The first kappa shape index (κ1) is 11.3. The van der Waals surface area contributed by atoms with Gasteiger partial charge in [0.1, 0.15) is 0 Å². The molecule has 0 unspecified atom stereocenters. The quantitative estimate of drug-likeness (QED) is 0.560. The van der Waals surface area contributed by atoms with Crippen LogP contribution in [0, 0.1) is 11.8 Å². The lowest BCUT2D eigenvalue weighted by Crippen LogP contribution is -2.03. The molecule has 0 saturated heterocycles. The molecule has 2 atom stereocenters. The molecule has 0 spiro atoms. The number of hydrogen-bond donors (Lipinski definition) is 0. The molecule has 0 N–H and O–H groups in total. The Bertz CT molecular complexity index is 222. The van der Waals surface area contributed by atoms with E-state index in [9.17, 15) is 0 Å². The molecule has 1 aliphatic carbocycles. The molecule has 78 valence electrons. The molecule has 0 amide bonds. The van der Waals surface area contributed by atoms with Gasteiger partial charge in [0.25, 0.3) is 0 Å². The Hall–Kier alpha value is -0.780. The van der Waals surface area contributed by atoms with Crippen molar-refractivity contribution >= 4 is 0 Å². The zero-order valence-corrected chi connectivity index (χ0v) is 9.34. The molecule has 0 radical (unpaired) electrons. The van der Waals surface area contributed by atoms with Gasteiger partial charge in [0, 0.05) is 0 Å². The van der Waals surface area contributed by atoms with Gasteiger partial charge >= 0.3 is 0 Å². The molecule has 0 aromatic rings. The summed E-state index contributed by atoms with van der Waals surface area (Å²) in [6.07, 6.45) is 12.7. The van der Waals surface area contributed by atoms with Gasteiger partial charge in [-0.2, -0.15) is 0 Å². The zero-order valence-electron chi connectivity index (χ0n) is 9.34. The fourth-order valence-electron chi connectivity index (χ4n) is 2.41. The molecule has 1 aliphatic rings. The van der Waals surface area contributed by atoms with Gasteiger partial charge in [0.15, 0.2) is 0 Å². The predicted molar refractivity (Wildman–Crippen MR) is 64.2 cm³/mol. The van der Waals surface area contributed by atoms with E-state index in [4.69, 9.17) is 0 Å². The molecule has 0 aromatic heterocycles. The fraction of sp³-hybridized carbons (Fsp3) is 0.571. The normalized spacial score (nSPS) is 27.6. The fourth-order valence-corrected chi connectivity index (χ4v) is 2.41. The van der Waals surface area contributed by atoms with Crippen LogP contribution in [-0.2, 0) is 0 Å². The second-order valence-electron chi connectivity index (χ2n) is 4.39. The zero-order chi connectivity index (χ0) is 10.4. The van der Waals surface area contributed by atoms with Crippen LogP contribution in [-0.4, -0.2) is 0 Å². The van der Waals surface area contributed by atoms with Crippen molar-refractivity contribution in [1.29, 1.82) is 0 Å². The summed E-state index contributed by atoms with van der Waals surface area (Å²) in [5.74, 6) is 1.88. The second-order valence-corrected chi connectivity index (χ2v) is 4.39. The largest absolute Gasteiger partial charge is 0.0991 e. The van der Waals surface area contributed by atoms with Crippen LogP contribution in [0.15, 0.2) is 37.0 Å². The Morgan fingerprint density at radius 1 is 1.36 bits per heavy atom. The van der Waals surface area contributed by atoms with Crippen LogP contribution in [0.1, 0.15) is 39.0 Å². The average Bonchev–Trinajstić information content (AvgIpc) is 2.59. The van der Waals surface area contributed by atoms with Gasteiger partial charge < -0.3 is 0 Å². The maximum absolute atomic E-state index is 3.83. The molecule has 0 bridgehead atoms. The van der Waals surface area contributed by atoms with Gasteiger partial charge in [-0.25, -0.2) is 0 Å². The number of rotatable bonds is 5. The third kappa shape index (κ3) is 3.17. The first-order chi connectivity index (χ1) is 6.77. The van der Waals surface area contributed by atoms with E-state index >= 15 is 0 Å². The molecular weight excluding hydrogens is 168 g/mol. The highest BCUT2D eigenvalue weighted by Gasteiger charge is 2.22. The highest BCUT2D eigenvalue weighted by molar-refractivity contribution is 5.20. The van der Waals surface area contributed by atoms with Gasteiger partial charge in [-0.3, -0.25) is 0 Å². The van der Waals surface area contributed by atoms with Gasteiger partial charge in [-0.1, -0.05) is 57.6 Å². The van der Waals surface area contributed by atoms with E-state index in [1.807, 2.05) is 12.2 Å². The first-order valence-corrected chi connectivity index (χ1v) is 5.72. The summed E-state index contributed by atoms with van der Waals surface area (Å²) in [6.45, 7) is 9.94. The maximum Gasteiger partial charge on any atom is -0.0276 e. The van der Waals surface area contributed by atoms with Crippen LogP contribution in [0.3, 0.4) is 0 Å².